The van der Waals surface area contributed by atoms with Gasteiger partial charge in [-0.05, 0) is 70.0 Å². The van der Waals surface area contributed by atoms with Crippen molar-refractivity contribution in [3.63, 3.8) is 0 Å². The second kappa shape index (κ2) is 11.7. The lowest BCUT2D eigenvalue weighted by Crippen LogP contribution is -2.47. The molecule has 1 saturated heterocycles. The summed E-state index contributed by atoms with van der Waals surface area (Å²) in [4.78, 5) is 29.3. The molecule has 0 aromatic heterocycles. The van der Waals surface area contributed by atoms with Gasteiger partial charge in [0.1, 0.15) is 0 Å². The number of halogens is 2. The lowest BCUT2D eigenvalue weighted by molar-refractivity contribution is -0.120. The Morgan fingerprint density at radius 3 is 2.41 bits per heavy atom. The van der Waals surface area contributed by atoms with Crippen LogP contribution >= 0.6 is 24.8 Å². The number of hydrogen-bond acceptors (Lipinski definition) is 4. The summed E-state index contributed by atoms with van der Waals surface area (Å²) in [5.74, 6) is 0.0579. The van der Waals surface area contributed by atoms with Crippen LogP contribution in [0, 0.1) is 5.92 Å². The zero-order chi connectivity index (χ0) is 19.4. The highest BCUT2D eigenvalue weighted by Gasteiger charge is 2.26. The van der Waals surface area contributed by atoms with E-state index in [0.717, 1.165) is 57.3 Å². The fraction of sp³-hybridized carbons (Fsp3) is 0.619. The molecule has 0 radical (unpaired) electrons. The number of rotatable bonds is 4. The summed E-state index contributed by atoms with van der Waals surface area (Å²) in [6, 6.07) is 7.61. The van der Waals surface area contributed by atoms with Gasteiger partial charge in [0.2, 0.25) is 5.91 Å². The average molecular weight is 445 g/mol. The molecule has 6 nitrogen and oxygen atoms in total. The predicted octanol–water partition coefficient (Wildman–Crippen LogP) is 3.15. The molecule has 2 fully saturated rings. The normalized spacial score (nSPS) is 24.6. The highest BCUT2D eigenvalue weighted by Crippen LogP contribution is 2.25. The maximum absolute atomic E-state index is 12.8. The summed E-state index contributed by atoms with van der Waals surface area (Å²) in [5.41, 5.74) is 7.37. The maximum atomic E-state index is 12.8. The molecule has 1 aromatic rings. The van der Waals surface area contributed by atoms with E-state index < -0.39 is 0 Å². The summed E-state index contributed by atoms with van der Waals surface area (Å²) in [6.45, 7) is 2.01. The number of anilines is 1. The number of carbonyl (C=O) groups excluding carboxylic acids is 2. The predicted molar refractivity (Wildman–Crippen MR) is 122 cm³/mol. The summed E-state index contributed by atoms with van der Waals surface area (Å²) >= 11 is 0. The molecule has 2 aliphatic rings. The van der Waals surface area contributed by atoms with E-state index in [1.165, 1.54) is 0 Å². The molecule has 1 aliphatic carbocycles. The SMILES string of the molecule is CN1CCCC(N(C)C(=O)c2ccc(NC(=O)C3CCCC(N)C3)cc2)C1.Cl.Cl. The van der Waals surface area contributed by atoms with Gasteiger partial charge in [0.15, 0.2) is 0 Å². The summed E-state index contributed by atoms with van der Waals surface area (Å²) in [7, 11) is 3.98. The molecule has 1 saturated carbocycles. The van der Waals surface area contributed by atoms with Gasteiger partial charge < -0.3 is 20.9 Å². The Balaban J connectivity index is 0.00000210. The highest BCUT2D eigenvalue weighted by molar-refractivity contribution is 5.96. The Morgan fingerprint density at radius 1 is 1.10 bits per heavy atom. The standard InChI is InChI=1S/C21H32N4O2.2ClH/c1-24-12-4-7-19(14-24)25(2)21(27)15-8-10-18(11-9-15)23-20(26)16-5-3-6-17(22)13-16;;/h8-11,16-17,19H,3-7,12-14,22H2,1-2H3,(H,23,26);2*1H. The van der Waals surface area contributed by atoms with Crippen LogP contribution in [-0.2, 0) is 4.79 Å². The first-order chi connectivity index (χ1) is 12.9. The minimum absolute atomic E-state index is 0. The van der Waals surface area contributed by atoms with E-state index in [0.29, 0.717) is 5.56 Å². The van der Waals surface area contributed by atoms with E-state index >= 15 is 0 Å². The molecular weight excluding hydrogens is 411 g/mol. The number of piperidine rings is 1. The molecular formula is C21H34Cl2N4O2. The average Bonchev–Trinajstić information content (AvgIpc) is 2.67. The number of nitrogens with zero attached hydrogens (tertiary/aromatic N) is 2. The molecule has 1 aliphatic heterocycles. The zero-order valence-electron chi connectivity index (χ0n) is 17.3. The Morgan fingerprint density at radius 2 is 1.79 bits per heavy atom. The molecule has 164 valence electrons. The molecule has 29 heavy (non-hydrogen) atoms. The van der Waals surface area contributed by atoms with Crippen molar-refractivity contribution in [1.82, 2.24) is 9.80 Å². The second-order valence-electron chi connectivity index (χ2n) is 8.16. The highest BCUT2D eigenvalue weighted by atomic mass is 35.5. The van der Waals surface area contributed by atoms with Crippen LogP contribution in [0.2, 0.25) is 0 Å². The van der Waals surface area contributed by atoms with Crippen LogP contribution in [-0.4, -0.2) is 60.9 Å². The van der Waals surface area contributed by atoms with Crippen LogP contribution in [0.1, 0.15) is 48.9 Å². The summed E-state index contributed by atoms with van der Waals surface area (Å²) in [5, 5.41) is 2.97. The zero-order valence-corrected chi connectivity index (χ0v) is 18.9. The Bertz CT molecular complexity index is 671. The first-order valence-electron chi connectivity index (χ1n) is 10.1. The number of amides is 2. The van der Waals surface area contributed by atoms with E-state index in [1.54, 1.807) is 12.1 Å². The number of nitrogens with two attached hydrogens (primary N) is 1. The number of likely N-dealkylation sites (N-methyl/N-ethyl adjacent to an activating group) is 2. The Hall–Kier alpha value is -1.34. The van der Waals surface area contributed by atoms with E-state index in [1.807, 2.05) is 24.1 Å². The summed E-state index contributed by atoms with van der Waals surface area (Å²) in [6.07, 6.45) is 5.83. The van der Waals surface area contributed by atoms with Gasteiger partial charge in [-0.15, -0.1) is 24.8 Å². The number of likely N-dealkylation sites (tertiary alicyclic amines) is 1. The molecule has 2 amide bonds. The van der Waals surface area contributed by atoms with Gasteiger partial charge >= 0.3 is 0 Å². The Labute approximate surface area is 186 Å². The third-order valence-electron chi connectivity index (χ3n) is 5.95. The minimum atomic E-state index is -0.00974. The van der Waals surface area contributed by atoms with Gasteiger partial charge in [-0.3, -0.25) is 9.59 Å². The van der Waals surface area contributed by atoms with Gasteiger partial charge in [-0.2, -0.15) is 0 Å². The van der Waals surface area contributed by atoms with E-state index in [2.05, 4.69) is 17.3 Å². The second-order valence-corrected chi connectivity index (χ2v) is 8.16. The van der Waals surface area contributed by atoms with Crippen molar-refractivity contribution < 1.29 is 9.59 Å². The lowest BCUT2D eigenvalue weighted by atomic mass is 9.85. The molecule has 1 aromatic carbocycles. The third kappa shape index (κ3) is 6.85. The molecule has 3 N–H and O–H groups in total. The third-order valence-corrected chi connectivity index (χ3v) is 5.95. The van der Waals surface area contributed by atoms with Gasteiger partial charge in [0.25, 0.3) is 5.91 Å². The van der Waals surface area contributed by atoms with Crippen LogP contribution in [0.15, 0.2) is 24.3 Å². The molecule has 3 unspecified atom stereocenters. The first kappa shape index (κ1) is 25.7. The Kier molecular flexibility index (Phi) is 10.4. The number of nitrogens with one attached hydrogen (secondary N) is 1. The number of carbonyl (C=O) groups is 2. The van der Waals surface area contributed by atoms with E-state index in [9.17, 15) is 9.59 Å². The molecule has 0 spiro atoms. The van der Waals surface area contributed by atoms with Crippen LogP contribution in [0.4, 0.5) is 5.69 Å². The van der Waals surface area contributed by atoms with Gasteiger partial charge in [-0.1, -0.05) is 6.42 Å². The molecule has 0 bridgehead atoms. The van der Waals surface area contributed by atoms with Gasteiger partial charge in [-0.25, -0.2) is 0 Å². The van der Waals surface area contributed by atoms with Gasteiger partial charge in [0, 0.05) is 42.8 Å². The first-order valence-corrected chi connectivity index (χ1v) is 10.1. The topological polar surface area (TPSA) is 78.7 Å². The van der Waals surface area contributed by atoms with Crippen LogP contribution in [0.25, 0.3) is 0 Å². The lowest BCUT2D eigenvalue weighted by Gasteiger charge is -2.35. The fourth-order valence-corrected chi connectivity index (χ4v) is 4.23. The van der Waals surface area contributed by atoms with Crippen molar-refractivity contribution >= 4 is 42.3 Å². The fourth-order valence-electron chi connectivity index (χ4n) is 4.23. The quantitative estimate of drug-likeness (QED) is 0.747. The molecule has 8 heteroatoms. The van der Waals surface area contributed by atoms with Crippen LogP contribution < -0.4 is 11.1 Å². The molecule has 1 heterocycles. The summed E-state index contributed by atoms with van der Waals surface area (Å²) < 4.78 is 0. The van der Waals surface area contributed by atoms with Crippen molar-refractivity contribution in [3.8, 4) is 0 Å². The maximum Gasteiger partial charge on any atom is 0.253 e. The van der Waals surface area contributed by atoms with Crippen molar-refractivity contribution in [2.24, 2.45) is 11.7 Å². The monoisotopic (exact) mass is 444 g/mol. The van der Waals surface area contributed by atoms with E-state index in [4.69, 9.17) is 5.73 Å². The van der Waals surface area contributed by atoms with Crippen molar-refractivity contribution in [2.75, 3.05) is 32.5 Å². The molecule has 3 atom stereocenters. The van der Waals surface area contributed by atoms with Crippen LogP contribution in [0.3, 0.4) is 0 Å². The smallest absolute Gasteiger partial charge is 0.253 e. The minimum Gasteiger partial charge on any atom is -0.337 e. The number of benzene rings is 1. The van der Waals surface area contributed by atoms with E-state index in [-0.39, 0.29) is 54.6 Å². The van der Waals surface area contributed by atoms with Crippen molar-refractivity contribution in [1.29, 1.82) is 0 Å². The molecule has 3 rings (SSSR count). The van der Waals surface area contributed by atoms with Gasteiger partial charge in [0.05, 0.1) is 0 Å². The number of hydrogen-bond donors (Lipinski definition) is 2. The van der Waals surface area contributed by atoms with Crippen molar-refractivity contribution in [3.05, 3.63) is 29.8 Å². The van der Waals surface area contributed by atoms with Crippen molar-refractivity contribution in [2.45, 2.75) is 50.6 Å². The largest absolute Gasteiger partial charge is 0.337 e. The van der Waals surface area contributed by atoms with Crippen LogP contribution in [0.5, 0.6) is 0 Å².